The fraction of sp³-hybridized carbons (Fsp3) is 0.357. The molecule has 1 aromatic rings. The maximum atomic E-state index is 11.9. The third kappa shape index (κ3) is 4.13. The molecule has 0 fully saturated rings. The lowest BCUT2D eigenvalue weighted by molar-refractivity contribution is -0.150. The molecule has 0 radical (unpaired) electrons. The Bertz CT molecular complexity index is 425. The van der Waals surface area contributed by atoms with Crippen molar-refractivity contribution in [1.29, 1.82) is 0 Å². The van der Waals surface area contributed by atoms with Crippen molar-refractivity contribution in [3.8, 4) is 0 Å². The molecule has 0 aliphatic heterocycles. The van der Waals surface area contributed by atoms with Gasteiger partial charge in [0.05, 0.1) is 6.42 Å². The lowest BCUT2D eigenvalue weighted by atomic mass is 9.94. The molecule has 0 amide bonds. The van der Waals surface area contributed by atoms with Gasteiger partial charge in [0.25, 0.3) is 0 Å². The van der Waals surface area contributed by atoms with E-state index >= 15 is 0 Å². The number of ether oxygens (including phenoxy) is 1. The second-order valence-corrected chi connectivity index (χ2v) is 4.09. The summed E-state index contributed by atoms with van der Waals surface area (Å²) < 4.78 is 4.73. The van der Waals surface area contributed by atoms with Gasteiger partial charge in [0.15, 0.2) is 12.4 Å². The molecule has 2 atom stereocenters. The molecular weight excluding hydrogens is 232 g/mol. The first-order chi connectivity index (χ1) is 8.54. The van der Waals surface area contributed by atoms with Gasteiger partial charge in [0.2, 0.25) is 0 Å². The molecule has 0 bridgehead atoms. The lowest BCUT2D eigenvalue weighted by Crippen LogP contribution is -2.24. The molecular formula is C14H16O4. The van der Waals surface area contributed by atoms with E-state index in [1.54, 1.807) is 6.92 Å². The van der Waals surface area contributed by atoms with Gasteiger partial charge < -0.3 is 4.74 Å². The topological polar surface area (TPSA) is 60.4 Å². The van der Waals surface area contributed by atoms with Gasteiger partial charge in [0, 0.05) is 12.8 Å². The van der Waals surface area contributed by atoms with Gasteiger partial charge in [-0.15, -0.1) is 0 Å². The molecule has 18 heavy (non-hydrogen) atoms. The molecule has 0 saturated carbocycles. The average Bonchev–Trinajstić information content (AvgIpc) is 2.37. The highest BCUT2D eigenvalue weighted by molar-refractivity contribution is 5.88. The molecule has 4 heteroatoms. The quantitative estimate of drug-likeness (QED) is 0.569. The zero-order valence-electron chi connectivity index (χ0n) is 10.5. The molecule has 0 aromatic heterocycles. The van der Waals surface area contributed by atoms with Crippen LogP contribution >= 0.6 is 0 Å². The van der Waals surface area contributed by atoms with Crippen molar-refractivity contribution in [2.75, 3.05) is 0 Å². The molecule has 0 N–H and O–H groups in total. The van der Waals surface area contributed by atoms with E-state index in [4.69, 9.17) is 4.74 Å². The first-order valence-electron chi connectivity index (χ1n) is 5.74. The van der Waals surface area contributed by atoms with E-state index in [0.29, 0.717) is 6.29 Å². The van der Waals surface area contributed by atoms with E-state index in [1.165, 1.54) is 6.92 Å². The lowest BCUT2D eigenvalue weighted by Gasteiger charge is -2.14. The third-order valence-electron chi connectivity index (χ3n) is 2.65. The Morgan fingerprint density at radius 3 is 2.39 bits per heavy atom. The van der Waals surface area contributed by atoms with Crippen LogP contribution in [-0.2, 0) is 19.1 Å². The highest BCUT2D eigenvalue weighted by Crippen LogP contribution is 2.18. The van der Waals surface area contributed by atoms with Gasteiger partial charge in [0.1, 0.15) is 5.78 Å². The van der Waals surface area contributed by atoms with Crippen molar-refractivity contribution in [2.24, 2.45) is 0 Å². The number of esters is 1. The van der Waals surface area contributed by atoms with Crippen LogP contribution < -0.4 is 0 Å². The highest BCUT2D eigenvalue weighted by atomic mass is 16.5. The predicted octanol–water partition coefficient (Wildman–Crippen LogP) is 1.88. The number of benzene rings is 1. The number of carbonyl (C=O) groups excluding carboxylic acids is 3. The van der Waals surface area contributed by atoms with Crippen LogP contribution in [0.5, 0.6) is 0 Å². The predicted molar refractivity (Wildman–Crippen MR) is 66.1 cm³/mol. The van der Waals surface area contributed by atoms with Crippen LogP contribution in [0.3, 0.4) is 0 Å². The van der Waals surface area contributed by atoms with Crippen LogP contribution in [0.4, 0.5) is 0 Å². The van der Waals surface area contributed by atoms with Gasteiger partial charge >= 0.3 is 5.97 Å². The second-order valence-electron chi connectivity index (χ2n) is 4.09. The van der Waals surface area contributed by atoms with Crippen molar-refractivity contribution in [1.82, 2.24) is 0 Å². The highest BCUT2D eigenvalue weighted by Gasteiger charge is 2.21. The molecule has 0 heterocycles. The second kappa shape index (κ2) is 6.69. The number of carbonyl (C=O) groups is 3. The Morgan fingerprint density at radius 2 is 1.89 bits per heavy atom. The van der Waals surface area contributed by atoms with Gasteiger partial charge in [-0.25, -0.2) is 0 Å². The van der Waals surface area contributed by atoms with E-state index in [0.717, 1.165) is 5.56 Å². The van der Waals surface area contributed by atoms with Gasteiger partial charge in [-0.05, 0) is 5.56 Å². The van der Waals surface area contributed by atoms with Crippen LogP contribution in [0.25, 0.3) is 0 Å². The van der Waals surface area contributed by atoms with Gasteiger partial charge in [-0.1, -0.05) is 37.3 Å². The smallest absolute Gasteiger partial charge is 0.303 e. The first-order valence-corrected chi connectivity index (χ1v) is 5.74. The van der Waals surface area contributed by atoms with Crippen molar-refractivity contribution in [3.05, 3.63) is 35.9 Å². The largest absolute Gasteiger partial charge is 0.454 e. The fourth-order valence-corrected chi connectivity index (χ4v) is 1.63. The normalized spacial score (nSPS) is 13.4. The maximum absolute atomic E-state index is 11.9. The monoisotopic (exact) mass is 248 g/mol. The number of hydrogen-bond acceptors (Lipinski definition) is 4. The van der Waals surface area contributed by atoms with E-state index in [-0.39, 0.29) is 18.1 Å². The summed E-state index contributed by atoms with van der Waals surface area (Å²) in [4.78, 5) is 33.4. The summed E-state index contributed by atoms with van der Waals surface area (Å²) in [6, 6.07) is 9.27. The van der Waals surface area contributed by atoms with Gasteiger partial charge in [-0.3, -0.25) is 14.4 Å². The van der Waals surface area contributed by atoms with Crippen LogP contribution in [0.15, 0.2) is 30.3 Å². The molecule has 0 spiro atoms. The number of hydrogen-bond donors (Lipinski definition) is 0. The summed E-state index contributed by atoms with van der Waals surface area (Å²) in [6.45, 7) is 2.98. The van der Waals surface area contributed by atoms with Crippen LogP contribution in [0.2, 0.25) is 0 Å². The Morgan fingerprint density at radius 1 is 1.28 bits per heavy atom. The summed E-state index contributed by atoms with van der Waals surface area (Å²) in [5.74, 6) is -1.00. The minimum absolute atomic E-state index is 0.0842. The molecule has 0 aliphatic rings. The maximum Gasteiger partial charge on any atom is 0.303 e. The zero-order valence-corrected chi connectivity index (χ0v) is 10.5. The minimum Gasteiger partial charge on any atom is -0.454 e. The molecule has 1 aromatic carbocycles. The third-order valence-corrected chi connectivity index (χ3v) is 2.65. The zero-order chi connectivity index (χ0) is 13.5. The van der Waals surface area contributed by atoms with Crippen molar-refractivity contribution in [3.63, 3.8) is 0 Å². The van der Waals surface area contributed by atoms with E-state index in [9.17, 15) is 14.4 Å². The SMILES string of the molecule is CC(=O)OC(C=O)CC(=O)C(C)c1ccccc1. The molecule has 1 rings (SSSR count). The number of aldehydes is 1. The van der Waals surface area contributed by atoms with E-state index in [1.807, 2.05) is 30.3 Å². The average molecular weight is 248 g/mol. The Labute approximate surface area is 106 Å². The molecule has 4 nitrogen and oxygen atoms in total. The number of rotatable bonds is 6. The van der Waals surface area contributed by atoms with Crippen molar-refractivity contribution >= 4 is 18.0 Å². The van der Waals surface area contributed by atoms with E-state index < -0.39 is 12.1 Å². The Balaban J connectivity index is 2.64. The Kier molecular flexibility index (Phi) is 5.24. The van der Waals surface area contributed by atoms with Crippen LogP contribution in [0, 0.1) is 0 Å². The van der Waals surface area contributed by atoms with Gasteiger partial charge in [-0.2, -0.15) is 0 Å². The fourth-order valence-electron chi connectivity index (χ4n) is 1.63. The number of ketones is 1. The van der Waals surface area contributed by atoms with Crippen LogP contribution in [-0.4, -0.2) is 24.1 Å². The Hall–Kier alpha value is -1.97. The summed E-state index contributed by atoms with van der Waals surface area (Å²) in [5.41, 5.74) is 0.884. The van der Waals surface area contributed by atoms with Crippen molar-refractivity contribution < 1.29 is 19.1 Å². The minimum atomic E-state index is -0.985. The first kappa shape index (κ1) is 14.1. The summed E-state index contributed by atoms with van der Waals surface area (Å²) in [6.07, 6.45) is -0.586. The van der Waals surface area contributed by atoms with Crippen LogP contribution in [0.1, 0.15) is 31.7 Å². The summed E-state index contributed by atoms with van der Waals surface area (Å²) >= 11 is 0. The molecule has 0 aliphatic carbocycles. The number of Topliss-reactive ketones (excluding diaryl/α,β-unsaturated/α-hetero) is 1. The molecule has 2 unspecified atom stereocenters. The van der Waals surface area contributed by atoms with Crippen molar-refractivity contribution in [2.45, 2.75) is 32.3 Å². The summed E-state index contributed by atoms with van der Waals surface area (Å²) in [5, 5.41) is 0. The van der Waals surface area contributed by atoms with E-state index in [2.05, 4.69) is 0 Å². The molecule has 0 saturated heterocycles. The standard InChI is InChI=1S/C14H16O4/c1-10(12-6-4-3-5-7-12)14(17)8-13(9-15)18-11(2)16/h3-7,9-10,13H,8H2,1-2H3. The molecule has 96 valence electrons. The summed E-state index contributed by atoms with van der Waals surface area (Å²) in [7, 11) is 0.